The molecular formula is C17H19NO5. The van der Waals surface area contributed by atoms with Crippen LogP contribution >= 0.6 is 0 Å². The molecular weight excluding hydrogens is 298 g/mol. The predicted molar refractivity (Wildman–Crippen MR) is 83.7 cm³/mol. The van der Waals surface area contributed by atoms with Crippen molar-refractivity contribution in [1.29, 1.82) is 0 Å². The number of phenols is 1. The largest absolute Gasteiger partial charge is 0.508 e. The standard InChI is InChI=1S/C17H19NO5/c19-14-9-5-4-8-13(14)16(21)15(20)10-18-17(22)23-11-12-6-2-1-3-7-12/h1-9,15-16,19-21H,10-11H2,(H,18,22). The lowest BCUT2D eigenvalue weighted by atomic mass is 10.0. The van der Waals surface area contributed by atoms with Crippen LogP contribution in [-0.2, 0) is 11.3 Å². The van der Waals surface area contributed by atoms with Gasteiger partial charge in [-0.2, -0.15) is 0 Å². The van der Waals surface area contributed by atoms with Crippen molar-refractivity contribution in [1.82, 2.24) is 5.32 Å². The Bertz CT molecular complexity index is 632. The number of hydrogen-bond donors (Lipinski definition) is 4. The van der Waals surface area contributed by atoms with Crippen LogP contribution < -0.4 is 5.32 Å². The van der Waals surface area contributed by atoms with Gasteiger partial charge in [0.1, 0.15) is 24.6 Å². The maximum Gasteiger partial charge on any atom is 0.407 e. The summed E-state index contributed by atoms with van der Waals surface area (Å²) in [6, 6.07) is 15.3. The Morgan fingerprint density at radius 1 is 1.04 bits per heavy atom. The Balaban J connectivity index is 1.78. The van der Waals surface area contributed by atoms with E-state index in [-0.39, 0.29) is 24.5 Å². The van der Waals surface area contributed by atoms with Crippen LogP contribution in [0.25, 0.3) is 0 Å². The molecule has 0 heterocycles. The van der Waals surface area contributed by atoms with Crippen molar-refractivity contribution in [2.45, 2.75) is 18.8 Å². The molecule has 2 aromatic carbocycles. The maximum absolute atomic E-state index is 11.6. The van der Waals surface area contributed by atoms with Gasteiger partial charge in [0.15, 0.2) is 0 Å². The molecule has 0 saturated heterocycles. The molecule has 0 aliphatic carbocycles. The van der Waals surface area contributed by atoms with Crippen LogP contribution in [0.3, 0.4) is 0 Å². The molecule has 6 nitrogen and oxygen atoms in total. The van der Waals surface area contributed by atoms with Crippen molar-refractivity contribution >= 4 is 6.09 Å². The van der Waals surface area contributed by atoms with Crippen LogP contribution in [0.15, 0.2) is 54.6 Å². The average Bonchev–Trinajstić information content (AvgIpc) is 2.58. The van der Waals surface area contributed by atoms with Crippen LogP contribution in [0.2, 0.25) is 0 Å². The summed E-state index contributed by atoms with van der Waals surface area (Å²) in [4.78, 5) is 11.6. The zero-order chi connectivity index (χ0) is 16.7. The van der Waals surface area contributed by atoms with Crippen LogP contribution in [0.4, 0.5) is 4.79 Å². The van der Waals surface area contributed by atoms with E-state index in [9.17, 15) is 20.1 Å². The number of benzene rings is 2. The third-order valence-electron chi connectivity index (χ3n) is 3.29. The van der Waals surface area contributed by atoms with Gasteiger partial charge in [0, 0.05) is 12.1 Å². The normalized spacial score (nSPS) is 13.1. The second-order valence-electron chi connectivity index (χ2n) is 5.01. The minimum absolute atomic E-state index is 0.116. The molecule has 0 radical (unpaired) electrons. The molecule has 2 unspecified atom stereocenters. The molecule has 0 fully saturated rings. The summed E-state index contributed by atoms with van der Waals surface area (Å²) in [6.45, 7) is -0.0894. The number of carbonyl (C=O) groups excluding carboxylic acids is 1. The number of ether oxygens (including phenoxy) is 1. The van der Waals surface area contributed by atoms with Gasteiger partial charge in [0.2, 0.25) is 0 Å². The molecule has 2 rings (SSSR count). The summed E-state index contributed by atoms with van der Waals surface area (Å²) in [5.74, 6) is -0.120. The Morgan fingerprint density at radius 2 is 1.70 bits per heavy atom. The highest BCUT2D eigenvalue weighted by Gasteiger charge is 2.21. The van der Waals surface area contributed by atoms with Crippen molar-refractivity contribution in [3.05, 3.63) is 65.7 Å². The van der Waals surface area contributed by atoms with Gasteiger partial charge in [-0.05, 0) is 11.6 Å². The highest BCUT2D eigenvalue weighted by atomic mass is 16.5. The van der Waals surface area contributed by atoms with Crippen molar-refractivity contribution in [2.75, 3.05) is 6.54 Å². The average molecular weight is 317 g/mol. The molecule has 6 heteroatoms. The first-order valence-electron chi connectivity index (χ1n) is 7.16. The van der Waals surface area contributed by atoms with Crippen molar-refractivity contribution < 1.29 is 24.9 Å². The van der Waals surface area contributed by atoms with Gasteiger partial charge >= 0.3 is 6.09 Å². The molecule has 1 amide bonds. The summed E-state index contributed by atoms with van der Waals surface area (Å²) in [5.41, 5.74) is 1.04. The number of nitrogens with one attached hydrogen (secondary N) is 1. The topological polar surface area (TPSA) is 99.0 Å². The summed E-state index contributed by atoms with van der Waals surface area (Å²) in [5, 5.41) is 31.9. The summed E-state index contributed by atoms with van der Waals surface area (Å²) in [7, 11) is 0. The second-order valence-corrected chi connectivity index (χ2v) is 5.01. The Labute approximate surface area is 134 Å². The van der Waals surface area contributed by atoms with Gasteiger partial charge in [-0.1, -0.05) is 48.5 Å². The quantitative estimate of drug-likeness (QED) is 0.650. The fraction of sp³-hybridized carbons (Fsp3) is 0.235. The minimum Gasteiger partial charge on any atom is -0.508 e. The van der Waals surface area contributed by atoms with Gasteiger partial charge in [0.25, 0.3) is 0 Å². The van der Waals surface area contributed by atoms with E-state index < -0.39 is 18.3 Å². The molecule has 0 aliphatic heterocycles. The first-order chi connectivity index (χ1) is 11.1. The number of carbonyl (C=O) groups is 1. The molecule has 0 bridgehead atoms. The highest BCUT2D eigenvalue weighted by molar-refractivity contribution is 5.67. The molecule has 0 aliphatic rings. The lowest BCUT2D eigenvalue weighted by molar-refractivity contribution is 0.0171. The van der Waals surface area contributed by atoms with E-state index in [1.165, 1.54) is 12.1 Å². The van der Waals surface area contributed by atoms with Gasteiger partial charge in [-0.3, -0.25) is 0 Å². The number of phenolic OH excluding ortho intramolecular Hbond substituents is 1. The number of aromatic hydroxyl groups is 1. The fourth-order valence-electron chi connectivity index (χ4n) is 2.02. The van der Waals surface area contributed by atoms with Crippen LogP contribution in [0.5, 0.6) is 5.75 Å². The molecule has 2 aromatic rings. The third kappa shape index (κ3) is 4.98. The van der Waals surface area contributed by atoms with Crippen molar-refractivity contribution in [3.8, 4) is 5.75 Å². The maximum atomic E-state index is 11.6. The molecule has 4 N–H and O–H groups in total. The van der Waals surface area contributed by atoms with E-state index >= 15 is 0 Å². The zero-order valence-corrected chi connectivity index (χ0v) is 12.4. The van der Waals surface area contributed by atoms with E-state index in [2.05, 4.69) is 5.32 Å². The number of rotatable bonds is 6. The van der Waals surface area contributed by atoms with Crippen LogP contribution in [0.1, 0.15) is 17.2 Å². The van der Waals surface area contributed by atoms with Gasteiger partial charge in [-0.15, -0.1) is 0 Å². The molecule has 122 valence electrons. The molecule has 23 heavy (non-hydrogen) atoms. The van der Waals surface area contributed by atoms with E-state index in [1.54, 1.807) is 12.1 Å². The summed E-state index contributed by atoms with van der Waals surface area (Å²) in [6.07, 6.45) is -3.28. The van der Waals surface area contributed by atoms with Crippen LogP contribution in [0, 0.1) is 0 Å². The predicted octanol–water partition coefficient (Wildman–Crippen LogP) is 1.71. The smallest absolute Gasteiger partial charge is 0.407 e. The zero-order valence-electron chi connectivity index (χ0n) is 12.4. The number of aliphatic hydroxyl groups is 2. The number of hydrogen-bond acceptors (Lipinski definition) is 5. The molecule has 0 aromatic heterocycles. The summed E-state index contributed by atoms with van der Waals surface area (Å²) >= 11 is 0. The fourth-order valence-corrected chi connectivity index (χ4v) is 2.02. The highest BCUT2D eigenvalue weighted by Crippen LogP contribution is 2.25. The second kappa shape index (κ2) is 8.17. The Morgan fingerprint density at radius 3 is 2.39 bits per heavy atom. The number of aliphatic hydroxyl groups excluding tert-OH is 2. The van der Waals surface area contributed by atoms with Gasteiger partial charge in [-0.25, -0.2) is 4.79 Å². The Kier molecular flexibility index (Phi) is 5.96. The van der Waals surface area contributed by atoms with Crippen LogP contribution in [-0.4, -0.2) is 34.1 Å². The minimum atomic E-state index is -1.31. The SMILES string of the molecule is O=C(NCC(O)C(O)c1ccccc1O)OCc1ccccc1. The van der Waals surface area contributed by atoms with Crippen molar-refractivity contribution in [3.63, 3.8) is 0 Å². The van der Waals surface area contributed by atoms with Gasteiger partial charge in [0.05, 0.1) is 0 Å². The number of amides is 1. The molecule has 0 saturated carbocycles. The third-order valence-corrected chi connectivity index (χ3v) is 3.29. The molecule has 2 atom stereocenters. The number of alkyl carbamates (subject to hydrolysis) is 1. The van der Waals surface area contributed by atoms with E-state index in [4.69, 9.17) is 4.74 Å². The lowest BCUT2D eigenvalue weighted by Crippen LogP contribution is -2.35. The van der Waals surface area contributed by atoms with E-state index in [0.29, 0.717) is 0 Å². The van der Waals surface area contributed by atoms with E-state index in [1.807, 2.05) is 30.3 Å². The van der Waals surface area contributed by atoms with Gasteiger partial charge < -0.3 is 25.4 Å². The first-order valence-corrected chi connectivity index (χ1v) is 7.16. The first kappa shape index (κ1) is 16.8. The van der Waals surface area contributed by atoms with E-state index in [0.717, 1.165) is 5.56 Å². The monoisotopic (exact) mass is 317 g/mol. The lowest BCUT2D eigenvalue weighted by Gasteiger charge is -2.19. The van der Waals surface area contributed by atoms with Crippen molar-refractivity contribution in [2.24, 2.45) is 0 Å². The summed E-state index contributed by atoms with van der Waals surface area (Å²) < 4.78 is 5.00. The Hall–Kier alpha value is -2.57. The number of para-hydroxylation sites is 1. The molecule has 0 spiro atoms.